The van der Waals surface area contributed by atoms with Crippen LogP contribution in [0.15, 0.2) is 48.5 Å². The van der Waals surface area contributed by atoms with E-state index in [0.717, 1.165) is 27.8 Å². The zero-order valence-electron chi connectivity index (χ0n) is 12.6. The van der Waals surface area contributed by atoms with Gasteiger partial charge in [0, 0.05) is 35.8 Å². The molecule has 0 bridgehead atoms. The molecule has 1 aromatic heterocycles. The van der Waals surface area contributed by atoms with Gasteiger partial charge in [-0.2, -0.15) is 0 Å². The Hall–Kier alpha value is -2.75. The van der Waals surface area contributed by atoms with Crippen molar-refractivity contribution in [1.82, 2.24) is 4.98 Å². The average molecular weight is 294 g/mol. The van der Waals surface area contributed by atoms with Gasteiger partial charge in [0.05, 0.1) is 12.7 Å². The number of ether oxygens (including phenoxy) is 1. The van der Waals surface area contributed by atoms with Gasteiger partial charge in [0.25, 0.3) is 0 Å². The summed E-state index contributed by atoms with van der Waals surface area (Å²) in [5.41, 5.74) is 4.80. The van der Waals surface area contributed by atoms with Crippen LogP contribution in [-0.2, 0) is 11.2 Å². The van der Waals surface area contributed by atoms with Gasteiger partial charge in [0.2, 0.25) is 0 Å². The molecule has 0 saturated heterocycles. The van der Waals surface area contributed by atoms with Gasteiger partial charge in [0.1, 0.15) is 0 Å². The lowest BCUT2D eigenvalue weighted by Crippen LogP contribution is -2.06. The lowest BCUT2D eigenvalue weighted by Gasteiger charge is -2.06. The number of fused-ring (bicyclic) bond motifs is 1. The Balaban J connectivity index is 1.95. The van der Waals surface area contributed by atoms with Crippen LogP contribution in [0.25, 0.3) is 10.9 Å². The number of nitrogens with one attached hydrogen (secondary N) is 2. The number of aromatic nitrogens is 1. The molecule has 0 aliphatic rings. The van der Waals surface area contributed by atoms with Crippen LogP contribution in [0.2, 0.25) is 0 Å². The first-order chi connectivity index (χ1) is 10.7. The molecule has 0 aliphatic heterocycles. The molecular weight excluding hydrogens is 276 g/mol. The minimum absolute atomic E-state index is 0.302. The van der Waals surface area contributed by atoms with Crippen LogP contribution in [0.5, 0.6) is 0 Å². The maximum atomic E-state index is 11.8. The number of esters is 1. The smallest absolute Gasteiger partial charge is 0.338 e. The fourth-order valence-electron chi connectivity index (χ4n) is 2.63. The molecule has 0 amide bonds. The Morgan fingerprint density at radius 1 is 1.18 bits per heavy atom. The van der Waals surface area contributed by atoms with Crippen LogP contribution in [-0.4, -0.2) is 25.1 Å². The first-order valence-corrected chi connectivity index (χ1v) is 7.17. The molecule has 0 unspecified atom stereocenters. The van der Waals surface area contributed by atoms with Gasteiger partial charge in [0.15, 0.2) is 0 Å². The third kappa shape index (κ3) is 2.68. The van der Waals surface area contributed by atoms with Crippen molar-refractivity contribution in [2.24, 2.45) is 0 Å². The van der Waals surface area contributed by atoms with Crippen molar-refractivity contribution in [3.05, 3.63) is 65.4 Å². The predicted octanol–water partition coefficient (Wildman–Crippen LogP) is 3.59. The first kappa shape index (κ1) is 14.2. The maximum Gasteiger partial charge on any atom is 0.338 e. The van der Waals surface area contributed by atoms with Crippen LogP contribution in [0.1, 0.15) is 21.6 Å². The van der Waals surface area contributed by atoms with Crippen molar-refractivity contribution in [2.45, 2.75) is 6.42 Å². The average Bonchev–Trinajstić information content (AvgIpc) is 2.95. The number of anilines is 1. The first-order valence-electron chi connectivity index (χ1n) is 7.17. The van der Waals surface area contributed by atoms with Crippen LogP contribution in [0, 0.1) is 0 Å². The van der Waals surface area contributed by atoms with Crippen molar-refractivity contribution < 1.29 is 9.53 Å². The van der Waals surface area contributed by atoms with Gasteiger partial charge in [-0.05, 0) is 35.9 Å². The second-order valence-corrected chi connectivity index (χ2v) is 5.17. The van der Waals surface area contributed by atoms with Crippen LogP contribution < -0.4 is 5.32 Å². The quantitative estimate of drug-likeness (QED) is 0.723. The molecule has 0 atom stereocenters. The third-order valence-corrected chi connectivity index (χ3v) is 3.77. The monoisotopic (exact) mass is 294 g/mol. The van der Waals surface area contributed by atoms with Crippen molar-refractivity contribution in [1.29, 1.82) is 0 Å². The summed E-state index contributed by atoms with van der Waals surface area (Å²) in [6.45, 7) is 0. The number of rotatable bonds is 4. The molecule has 22 heavy (non-hydrogen) atoms. The SMILES string of the molecule is CNc1ccc2[nH]c(Cc3ccccc3C(=O)OC)cc2c1. The standard InChI is InChI=1S/C18H18N2O2/c1-19-14-7-8-17-13(10-14)11-15(20-17)9-12-5-3-4-6-16(12)18(21)22-2/h3-8,10-11,19-20H,9H2,1-2H3. The van der Waals surface area contributed by atoms with E-state index in [0.29, 0.717) is 12.0 Å². The zero-order valence-corrected chi connectivity index (χ0v) is 12.6. The summed E-state index contributed by atoms with van der Waals surface area (Å²) in [4.78, 5) is 15.2. The minimum Gasteiger partial charge on any atom is -0.465 e. The number of aromatic amines is 1. The number of benzene rings is 2. The van der Waals surface area contributed by atoms with Gasteiger partial charge < -0.3 is 15.0 Å². The molecule has 0 spiro atoms. The number of H-pyrrole nitrogens is 1. The van der Waals surface area contributed by atoms with Gasteiger partial charge in [-0.25, -0.2) is 4.79 Å². The zero-order chi connectivity index (χ0) is 15.5. The molecule has 0 saturated carbocycles. The normalized spacial score (nSPS) is 10.6. The van der Waals surface area contributed by atoms with Crippen molar-refractivity contribution >= 4 is 22.6 Å². The summed E-state index contributed by atoms with van der Waals surface area (Å²) >= 11 is 0. The largest absolute Gasteiger partial charge is 0.465 e. The molecule has 2 N–H and O–H groups in total. The summed E-state index contributed by atoms with van der Waals surface area (Å²) < 4.78 is 4.85. The second-order valence-electron chi connectivity index (χ2n) is 5.17. The molecule has 4 nitrogen and oxygen atoms in total. The Labute approximate surface area is 129 Å². The highest BCUT2D eigenvalue weighted by Gasteiger charge is 2.12. The van der Waals surface area contributed by atoms with Crippen LogP contribution >= 0.6 is 0 Å². The second kappa shape index (κ2) is 5.93. The third-order valence-electron chi connectivity index (χ3n) is 3.77. The van der Waals surface area contributed by atoms with Crippen LogP contribution in [0.4, 0.5) is 5.69 Å². The maximum absolute atomic E-state index is 11.8. The predicted molar refractivity (Wildman–Crippen MR) is 88.4 cm³/mol. The minimum atomic E-state index is -0.302. The molecule has 0 fully saturated rings. The van der Waals surface area contributed by atoms with Crippen LogP contribution in [0.3, 0.4) is 0 Å². The summed E-state index contributed by atoms with van der Waals surface area (Å²) in [7, 11) is 3.31. The molecule has 112 valence electrons. The topological polar surface area (TPSA) is 54.1 Å². The molecule has 0 radical (unpaired) electrons. The fraction of sp³-hybridized carbons (Fsp3) is 0.167. The molecule has 1 heterocycles. The van der Waals surface area contributed by atoms with E-state index in [9.17, 15) is 4.79 Å². The summed E-state index contributed by atoms with van der Waals surface area (Å²) in [6.07, 6.45) is 0.662. The Morgan fingerprint density at radius 3 is 2.77 bits per heavy atom. The van der Waals surface area contributed by atoms with Gasteiger partial charge in [-0.1, -0.05) is 18.2 Å². The highest BCUT2D eigenvalue weighted by molar-refractivity contribution is 5.91. The number of hydrogen-bond acceptors (Lipinski definition) is 3. The van der Waals surface area contributed by atoms with E-state index in [1.54, 1.807) is 6.07 Å². The number of carbonyl (C=O) groups is 1. The van der Waals surface area contributed by atoms with Gasteiger partial charge in [-0.15, -0.1) is 0 Å². The van der Waals surface area contributed by atoms with E-state index in [2.05, 4.69) is 28.5 Å². The lowest BCUT2D eigenvalue weighted by atomic mass is 10.0. The van der Waals surface area contributed by atoms with Crippen molar-refractivity contribution in [3.63, 3.8) is 0 Å². The van der Waals surface area contributed by atoms with E-state index < -0.39 is 0 Å². The Kier molecular flexibility index (Phi) is 3.83. The number of methoxy groups -OCH3 is 1. The highest BCUT2D eigenvalue weighted by Crippen LogP contribution is 2.22. The van der Waals surface area contributed by atoms with Gasteiger partial charge in [-0.3, -0.25) is 0 Å². The van der Waals surface area contributed by atoms with E-state index in [4.69, 9.17) is 4.74 Å². The van der Waals surface area contributed by atoms with E-state index in [-0.39, 0.29) is 5.97 Å². The van der Waals surface area contributed by atoms with E-state index in [1.807, 2.05) is 31.3 Å². The number of carbonyl (C=O) groups excluding carboxylic acids is 1. The van der Waals surface area contributed by atoms with E-state index >= 15 is 0 Å². The summed E-state index contributed by atoms with van der Waals surface area (Å²) in [5.74, 6) is -0.302. The Bertz CT molecular complexity index is 821. The van der Waals surface area contributed by atoms with Crippen molar-refractivity contribution in [2.75, 3.05) is 19.5 Å². The molecular formula is C18H18N2O2. The molecule has 3 aromatic rings. The number of hydrogen-bond donors (Lipinski definition) is 2. The van der Waals surface area contributed by atoms with Crippen molar-refractivity contribution in [3.8, 4) is 0 Å². The van der Waals surface area contributed by atoms with E-state index in [1.165, 1.54) is 7.11 Å². The molecule has 3 rings (SSSR count). The molecule has 0 aliphatic carbocycles. The summed E-state index contributed by atoms with van der Waals surface area (Å²) in [6, 6.07) is 15.8. The lowest BCUT2D eigenvalue weighted by molar-refractivity contribution is 0.0599. The Morgan fingerprint density at radius 2 is 2.00 bits per heavy atom. The van der Waals surface area contributed by atoms with Gasteiger partial charge >= 0.3 is 5.97 Å². The highest BCUT2D eigenvalue weighted by atomic mass is 16.5. The molecule has 2 aromatic carbocycles. The molecule has 4 heteroatoms. The summed E-state index contributed by atoms with van der Waals surface area (Å²) in [5, 5.41) is 4.29. The fourth-order valence-corrected chi connectivity index (χ4v) is 2.63.